The second-order valence-corrected chi connectivity index (χ2v) is 7.93. The van der Waals surface area contributed by atoms with Crippen molar-refractivity contribution in [3.8, 4) is 5.75 Å². The van der Waals surface area contributed by atoms with Crippen molar-refractivity contribution in [2.45, 2.75) is 90.0 Å². The van der Waals surface area contributed by atoms with E-state index in [4.69, 9.17) is 4.74 Å². The first-order chi connectivity index (χ1) is 14.7. The van der Waals surface area contributed by atoms with Crippen molar-refractivity contribution in [1.29, 1.82) is 0 Å². The van der Waals surface area contributed by atoms with Crippen LogP contribution in [0.2, 0.25) is 0 Å². The fourth-order valence-electron chi connectivity index (χ4n) is 3.39. The maximum atomic E-state index is 12.2. The number of benzene rings is 1. The molecule has 0 aliphatic rings. The number of carbonyl (C=O) groups is 1. The number of nitrogens with zero attached hydrogens (tertiary/aromatic N) is 1. The average molecular weight is 419 g/mol. The van der Waals surface area contributed by atoms with Crippen molar-refractivity contribution in [3.63, 3.8) is 0 Å². The van der Waals surface area contributed by atoms with Gasteiger partial charge in [0.2, 0.25) is 5.91 Å². The monoisotopic (exact) mass is 418 g/mol. The number of methoxy groups -OCH3 is 1. The van der Waals surface area contributed by atoms with Gasteiger partial charge >= 0.3 is 0 Å². The van der Waals surface area contributed by atoms with Crippen molar-refractivity contribution in [1.82, 2.24) is 5.32 Å². The highest BCUT2D eigenvalue weighted by molar-refractivity contribution is 5.87. The summed E-state index contributed by atoms with van der Waals surface area (Å²) in [5.74, 6) is 0.510. The highest BCUT2D eigenvalue weighted by Gasteiger charge is 2.14. The highest BCUT2D eigenvalue weighted by Crippen LogP contribution is 2.12. The second-order valence-electron chi connectivity index (χ2n) is 7.93. The molecule has 0 unspecified atom stereocenters. The van der Waals surface area contributed by atoms with Crippen LogP contribution in [0.15, 0.2) is 29.3 Å². The van der Waals surface area contributed by atoms with Crippen LogP contribution in [0.3, 0.4) is 0 Å². The van der Waals surface area contributed by atoms with Crippen LogP contribution in [0.1, 0.15) is 89.5 Å². The lowest BCUT2D eigenvalue weighted by molar-refractivity contribution is -0.123. The van der Waals surface area contributed by atoms with E-state index in [1.54, 1.807) is 13.3 Å². The third-order valence-corrected chi connectivity index (χ3v) is 5.30. The molecule has 0 heterocycles. The standard InChI is InChI=1S/C25H42N2O3/c1-3-4-5-6-7-8-9-10-11-12-13-14-18-26-25(29)24(21-28)27-20-22-16-15-17-23(19-22)30-2/h15-17,19-20,24,28H,3-14,18,21H2,1-2H3,(H,26,29)/b27-20+/t24-/m0/s1. The second kappa shape index (κ2) is 17.9. The fraction of sp³-hybridized carbons (Fsp3) is 0.680. The number of nitrogens with one attached hydrogen (secondary N) is 1. The summed E-state index contributed by atoms with van der Waals surface area (Å²) >= 11 is 0. The maximum absolute atomic E-state index is 12.2. The summed E-state index contributed by atoms with van der Waals surface area (Å²) in [5, 5.41) is 12.4. The largest absolute Gasteiger partial charge is 0.497 e. The zero-order chi connectivity index (χ0) is 21.9. The fourth-order valence-corrected chi connectivity index (χ4v) is 3.39. The van der Waals surface area contributed by atoms with Crippen LogP contribution in [0.4, 0.5) is 0 Å². The van der Waals surface area contributed by atoms with E-state index in [-0.39, 0.29) is 12.5 Å². The van der Waals surface area contributed by atoms with E-state index in [0.29, 0.717) is 6.54 Å². The van der Waals surface area contributed by atoms with Gasteiger partial charge < -0.3 is 15.2 Å². The third-order valence-electron chi connectivity index (χ3n) is 5.30. The lowest BCUT2D eigenvalue weighted by atomic mass is 10.1. The Bertz CT molecular complexity index is 590. The van der Waals surface area contributed by atoms with Crippen LogP contribution in [-0.2, 0) is 4.79 Å². The molecule has 5 heteroatoms. The Labute approximate surface area is 183 Å². The first-order valence-electron chi connectivity index (χ1n) is 11.8. The van der Waals surface area contributed by atoms with Crippen LogP contribution in [0.5, 0.6) is 5.75 Å². The predicted molar refractivity (Wildman–Crippen MR) is 126 cm³/mol. The molecular formula is C25H42N2O3. The van der Waals surface area contributed by atoms with Crippen LogP contribution in [0, 0.1) is 0 Å². The Hall–Kier alpha value is -1.88. The molecular weight excluding hydrogens is 376 g/mol. The molecule has 0 fully saturated rings. The van der Waals surface area contributed by atoms with Gasteiger partial charge in [-0.1, -0.05) is 89.7 Å². The van der Waals surface area contributed by atoms with Gasteiger partial charge in [-0.25, -0.2) is 0 Å². The van der Waals surface area contributed by atoms with Crippen molar-refractivity contribution < 1.29 is 14.6 Å². The van der Waals surface area contributed by atoms with E-state index in [9.17, 15) is 9.90 Å². The van der Waals surface area contributed by atoms with Gasteiger partial charge in [-0.15, -0.1) is 0 Å². The Morgan fingerprint density at radius 3 is 2.20 bits per heavy atom. The Balaban J connectivity index is 2.08. The van der Waals surface area contributed by atoms with Gasteiger partial charge in [0.1, 0.15) is 5.75 Å². The summed E-state index contributed by atoms with van der Waals surface area (Å²) in [4.78, 5) is 16.4. The summed E-state index contributed by atoms with van der Waals surface area (Å²) < 4.78 is 5.18. The van der Waals surface area contributed by atoms with E-state index in [2.05, 4.69) is 17.2 Å². The summed E-state index contributed by atoms with van der Waals surface area (Å²) in [5.41, 5.74) is 0.835. The van der Waals surface area contributed by atoms with Gasteiger partial charge in [0.15, 0.2) is 6.04 Å². The van der Waals surface area contributed by atoms with Crippen LogP contribution >= 0.6 is 0 Å². The molecule has 1 rings (SSSR count). The lowest BCUT2D eigenvalue weighted by Crippen LogP contribution is -2.36. The number of hydrogen-bond acceptors (Lipinski definition) is 4. The summed E-state index contributed by atoms with van der Waals surface area (Å²) in [6.07, 6.45) is 17.1. The molecule has 5 nitrogen and oxygen atoms in total. The smallest absolute Gasteiger partial charge is 0.247 e. The average Bonchev–Trinajstić information content (AvgIpc) is 2.77. The molecule has 0 aromatic heterocycles. The van der Waals surface area contributed by atoms with Gasteiger partial charge in [0.05, 0.1) is 13.7 Å². The number of carbonyl (C=O) groups excluding carboxylic acids is 1. The number of hydrogen-bond donors (Lipinski definition) is 2. The molecule has 0 saturated carbocycles. The van der Waals surface area contributed by atoms with Gasteiger partial charge in [0.25, 0.3) is 0 Å². The van der Waals surface area contributed by atoms with E-state index in [0.717, 1.165) is 24.2 Å². The van der Waals surface area contributed by atoms with Gasteiger partial charge in [0, 0.05) is 12.8 Å². The minimum absolute atomic E-state index is 0.222. The van der Waals surface area contributed by atoms with E-state index < -0.39 is 6.04 Å². The SMILES string of the molecule is CCCCCCCCCCCCCCNC(=O)[C@H](CO)/N=C/c1cccc(OC)c1. The third kappa shape index (κ3) is 12.6. The zero-order valence-corrected chi connectivity index (χ0v) is 19.1. The van der Waals surface area contributed by atoms with Crippen LogP contribution < -0.4 is 10.1 Å². The van der Waals surface area contributed by atoms with Crippen molar-refractivity contribution in [2.75, 3.05) is 20.3 Å². The van der Waals surface area contributed by atoms with E-state index in [1.807, 2.05) is 24.3 Å². The molecule has 0 radical (unpaired) electrons. The molecule has 30 heavy (non-hydrogen) atoms. The Kier molecular flexibility index (Phi) is 15.6. The summed E-state index contributed by atoms with van der Waals surface area (Å²) in [6.45, 7) is 2.60. The molecule has 170 valence electrons. The number of aliphatic hydroxyl groups is 1. The summed E-state index contributed by atoms with van der Waals surface area (Å²) in [6, 6.07) is 6.66. The van der Waals surface area contributed by atoms with Crippen molar-refractivity contribution in [3.05, 3.63) is 29.8 Å². The topological polar surface area (TPSA) is 70.9 Å². The molecule has 1 amide bonds. The molecule has 0 aliphatic heterocycles. The zero-order valence-electron chi connectivity index (χ0n) is 19.1. The van der Waals surface area contributed by atoms with E-state index >= 15 is 0 Å². The normalized spacial score (nSPS) is 12.2. The molecule has 1 aromatic carbocycles. The molecule has 0 saturated heterocycles. The Morgan fingerprint density at radius 1 is 1.03 bits per heavy atom. The number of ether oxygens (including phenoxy) is 1. The molecule has 0 spiro atoms. The minimum atomic E-state index is -0.770. The molecule has 1 atom stereocenters. The maximum Gasteiger partial charge on any atom is 0.247 e. The highest BCUT2D eigenvalue weighted by atomic mass is 16.5. The number of aliphatic imine (C=N–C) groups is 1. The van der Waals surface area contributed by atoms with Crippen molar-refractivity contribution in [2.24, 2.45) is 4.99 Å². The first-order valence-corrected chi connectivity index (χ1v) is 11.8. The number of aliphatic hydroxyl groups excluding tert-OH is 1. The van der Waals surface area contributed by atoms with Crippen LogP contribution in [-0.4, -0.2) is 43.5 Å². The molecule has 0 aliphatic carbocycles. The van der Waals surface area contributed by atoms with Crippen molar-refractivity contribution >= 4 is 12.1 Å². The molecule has 1 aromatic rings. The number of rotatable bonds is 18. The first kappa shape index (κ1) is 26.2. The predicted octanol–water partition coefficient (Wildman–Crippen LogP) is 5.29. The Morgan fingerprint density at radius 2 is 1.63 bits per heavy atom. The molecule has 0 bridgehead atoms. The van der Waals surface area contributed by atoms with Crippen LogP contribution in [0.25, 0.3) is 0 Å². The number of amides is 1. The summed E-state index contributed by atoms with van der Waals surface area (Å²) in [7, 11) is 1.61. The van der Waals surface area contributed by atoms with Gasteiger partial charge in [-0.3, -0.25) is 9.79 Å². The number of unbranched alkanes of at least 4 members (excludes halogenated alkanes) is 11. The van der Waals surface area contributed by atoms with Gasteiger partial charge in [-0.05, 0) is 24.1 Å². The lowest BCUT2D eigenvalue weighted by Gasteiger charge is -2.10. The quantitative estimate of drug-likeness (QED) is 0.251. The molecule has 2 N–H and O–H groups in total. The van der Waals surface area contributed by atoms with E-state index in [1.165, 1.54) is 64.2 Å². The minimum Gasteiger partial charge on any atom is -0.497 e. The van der Waals surface area contributed by atoms with Gasteiger partial charge in [-0.2, -0.15) is 0 Å².